The van der Waals surface area contributed by atoms with Gasteiger partial charge in [0.2, 0.25) is 0 Å². The first-order valence-corrected chi connectivity index (χ1v) is 12.5. The van der Waals surface area contributed by atoms with Crippen molar-refractivity contribution in [3.05, 3.63) is 63.6 Å². The van der Waals surface area contributed by atoms with Crippen molar-refractivity contribution in [3.8, 4) is 0 Å². The van der Waals surface area contributed by atoms with E-state index in [-0.39, 0.29) is 35.1 Å². The first-order valence-electron chi connectivity index (χ1n) is 9.00. The Bertz CT molecular complexity index is 1120. The predicted octanol–water partition coefficient (Wildman–Crippen LogP) is 4.15. The number of anilines is 1. The third-order valence-corrected chi connectivity index (χ3v) is 8.85. The standard InChI is InChI=1S/C20H18Cl2N2O3S2/c1-12-3-2-4-13(7-12)8-19(25)23-20-24(14-5-6-15(21)16(22)9-14)17-10-29(26,27)11-18(17)28-20/h2-7,9,17-18H,8,10-11H2,1H3. The van der Waals surface area contributed by atoms with E-state index in [2.05, 4.69) is 4.99 Å². The lowest BCUT2D eigenvalue weighted by molar-refractivity contribution is -0.117. The van der Waals surface area contributed by atoms with Gasteiger partial charge in [-0.2, -0.15) is 4.99 Å². The average molecular weight is 469 g/mol. The number of aryl methyl sites for hydroxylation is 1. The SMILES string of the molecule is Cc1cccc(CC(=O)N=C2SC3CS(=O)(=O)CC3N2c2ccc(Cl)c(Cl)c2)c1. The maximum atomic E-state index is 12.6. The average Bonchev–Trinajstić information content (AvgIpc) is 3.08. The number of hydrogen-bond donors (Lipinski definition) is 0. The van der Waals surface area contributed by atoms with Crippen LogP contribution in [0.2, 0.25) is 10.0 Å². The van der Waals surface area contributed by atoms with Crippen LogP contribution in [-0.4, -0.2) is 42.3 Å². The highest BCUT2D eigenvalue weighted by molar-refractivity contribution is 8.16. The summed E-state index contributed by atoms with van der Waals surface area (Å²) in [6, 6.07) is 12.6. The Labute approximate surface area is 184 Å². The number of carbonyl (C=O) groups is 1. The van der Waals surface area contributed by atoms with Crippen LogP contribution in [0.15, 0.2) is 47.5 Å². The van der Waals surface area contributed by atoms with Crippen LogP contribution < -0.4 is 4.90 Å². The van der Waals surface area contributed by atoms with Gasteiger partial charge in [-0.1, -0.05) is 64.8 Å². The molecule has 29 heavy (non-hydrogen) atoms. The molecule has 2 saturated heterocycles. The van der Waals surface area contributed by atoms with Crippen LogP contribution >= 0.6 is 35.0 Å². The summed E-state index contributed by atoms with van der Waals surface area (Å²) in [5, 5.41) is 1.11. The molecular formula is C20H18Cl2N2O3S2. The van der Waals surface area contributed by atoms with E-state index in [9.17, 15) is 13.2 Å². The number of rotatable bonds is 3. The molecule has 4 rings (SSSR count). The Kier molecular flexibility index (Phi) is 5.68. The van der Waals surface area contributed by atoms with Crippen molar-refractivity contribution in [2.24, 2.45) is 4.99 Å². The lowest BCUT2D eigenvalue weighted by atomic mass is 10.1. The van der Waals surface area contributed by atoms with Gasteiger partial charge in [-0.15, -0.1) is 0 Å². The minimum Gasteiger partial charge on any atom is -0.316 e. The molecule has 2 atom stereocenters. The number of thioether (sulfide) groups is 1. The van der Waals surface area contributed by atoms with Gasteiger partial charge >= 0.3 is 0 Å². The summed E-state index contributed by atoms with van der Waals surface area (Å²) in [5.74, 6) is -0.174. The fourth-order valence-corrected chi connectivity index (χ4v) is 7.87. The van der Waals surface area contributed by atoms with Gasteiger partial charge in [-0.3, -0.25) is 4.79 Å². The highest BCUT2D eigenvalue weighted by Crippen LogP contribution is 2.42. The molecule has 0 N–H and O–H groups in total. The summed E-state index contributed by atoms with van der Waals surface area (Å²) in [6.07, 6.45) is 0.189. The maximum Gasteiger partial charge on any atom is 0.252 e. The monoisotopic (exact) mass is 468 g/mol. The van der Waals surface area contributed by atoms with Crippen LogP contribution in [0, 0.1) is 6.92 Å². The van der Waals surface area contributed by atoms with Crippen LogP contribution in [0.4, 0.5) is 5.69 Å². The fraction of sp³-hybridized carbons (Fsp3) is 0.300. The normalized spacial score (nSPS) is 24.1. The molecule has 0 radical (unpaired) electrons. The van der Waals surface area contributed by atoms with Crippen LogP contribution in [0.3, 0.4) is 0 Å². The summed E-state index contributed by atoms with van der Waals surface area (Å²) in [5.41, 5.74) is 2.65. The first kappa shape index (κ1) is 20.7. The van der Waals surface area contributed by atoms with E-state index in [0.29, 0.717) is 20.9 Å². The predicted molar refractivity (Wildman–Crippen MR) is 120 cm³/mol. The van der Waals surface area contributed by atoms with E-state index in [1.165, 1.54) is 11.8 Å². The molecule has 5 nitrogen and oxygen atoms in total. The second-order valence-electron chi connectivity index (χ2n) is 7.22. The third-order valence-electron chi connectivity index (χ3n) is 4.91. The van der Waals surface area contributed by atoms with Gasteiger partial charge in [0.15, 0.2) is 15.0 Å². The zero-order chi connectivity index (χ0) is 20.8. The van der Waals surface area contributed by atoms with Gasteiger partial charge in [-0.05, 0) is 30.7 Å². The molecule has 2 heterocycles. The van der Waals surface area contributed by atoms with Crippen LogP contribution in [0.5, 0.6) is 0 Å². The van der Waals surface area contributed by atoms with Gasteiger partial charge < -0.3 is 4.90 Å². The van der Waals surface area contributed by atoms with E-state index in [1.54, 1.807) is 18.2 Å². The number of aliphatic imine (C=N–C) groups is 1. The van der Waals surface area contributed by atoms with E-state index in [0.717, 1.165) is 11.1 Å². The number of carbonyl (C=O) groups excluding carboxylic acids is 1. The Hall–Kier alpha value is -1.54. The van der Waals surface area contributed by atoms with Crippen molar-refractivity contribution in [3.63, 3.8) is 0 Å². The van der Waals surface area contributed by atoms with E-state index >= 15 is 0 Å². The molecule has 2 aliphatic rings. The number of nitrogens with zero attached hydrogens (tertiary/aromatic N) is 2. The zero-order valence-electron chi connectivity index (χ0n) is 15.5. The Morgan fingerprint density at radius 2 is 1.97 bits per heavy atom. The minimum atomic E-state index is -3.13. The Morgan fingerprint density at radius 1 is 1.17 bits per heavy atom. The lowest BCUT2D eigenvalue weighted by Gasteiger charge is -2.24. The number of amidine groups is 1. The van der Waals surface area contributed by atoms with Crippen LogP contribution in [-0.2, 0) is 21.1 Å². The minimum absolute atomic E-state index is 0.0238. The molecule has 1 amide bonds. The summed E-state index contributed by atoms with van der Waals surface area (Å²) >= 11 is 13.5. The molecule has 2 aliphatic heterocycles. The molecule has 0 saturated carbocycles. The number of halogens is 2. The Balaban J connectivity index is 1.66. The summed E-state index contributed by atoms with van der Waals surface area (Å²) in [6.45, 7) is 1.97. The highest BCUT2D eigenvalue weighted by Gasteiger charge is 2.49. The van der Waals surface area contributed by atoms with Gasteiger partial charge in [-0.25, -0.2) is 8.42 Å². The number of amides is 1. The molecule has 9 heteroatoms. The molecule has 0 aromatic heterocycles. The largest absolute Gasteiger partial charge is 0.316 e. The second-order valence-corrected chi connectivity index (χ2v) is 11.4. The molecule has 2 aromatic carbocycles. The van der Waals surface area contributed by atoms with E-state index < -0.39 is 9.84 Å². The van der Waals surface area contributed by atoms with E-state index in [1.807, 2.05) is 36.1 Å². The summed E-state index contributed by atoms with van der Waals surface area (Å²) in [4.78, 5) is 18.8. The summed E-state index contributed by atoms with van der Waals surface area (Å²) < 4.78 is 24.3. The van der Waals surface area contributed by atoms with Gasteiger partial charge in [0.05, 0.1) is 34.0 Å². The van der Waals surface area contributed by atoms with E-state index in [4.69, 9.17) is 23.2 Å². The van der Waals surface area contributed by atoms with Gasteiger partial charge in [0.25, 0.3) is 5.91 Å². The van der Waals surface area contributed by atoms with Crippen molar-refractivity contribution < 1.29 is 13.2 Å². The quantitative estimate of drug-likeness (QED) is 0.676. The smallest absolute Gasteiger partial charge is 0.252 e. The van der Waals surface area contributed by atoms with Crippen molar-refractivity contribution in [2.45, 2.75) is 24.6 Å². The fourth-order valence-electron chi connectivity index (χ4n) is 3.64. The molecule has 152 valence electrons. The molecule has 2 fully saturated rings. The third kappa shape index (κ3) is 4.48. The Morgan fingerprint density at radius 3 is 2.69 bits per heavy atom. The van der Waals surface area contributed by atoms with Crippen molar-refractivity contribution in [1.82, 2.24) is 0 Å². The molecule has 2 unspecified atom stereocenters. The highest BCUT2D eigenvalue weighted by atomic mass is 35.5. The zero-order valence-corrected chi connectivity index (χ0v) is 18.7. The van der Waals surface area contributed by atoms with Crippen molar-refractivity contribution in [2.75, 3.05) is 16.4 Å². The first-order chi connectivity index (χ1) is 13.7. The van der Waals surface area contributed by atoms with Crippen LogP contribution in [0.1, 0.15) is 11.1 Å². The topological polar surface area (TPSA) is 66.8 Å². The van der Waals surface area contributed by atoms with Crippen molar-refractivity contribution >= 4 is 61.6 Å². The number of benzene rings is 2. The number of sulfone groups is 1. The molecule has 0 bridgehead atoms. The second kappa shape index (κ2) is 7.95. The lowest BCUT2D eigenvalue weighted by Crippen LogP contribution is -2.37. The molecular weight excluding hydrogens is 451 g/mol. The van der Waals surface area contributed by atoms with Crippen molar-refractivity contribution in [1.29, 1.82) is 0 Å². The van der Waals surface area contributed by atoms with Gasteiger partial charge in [0, 0.05) is 10.9 Å². The summed E-state index contributed by atoms with van der Waals surface area (Å²) in [7, 11) is -3.13. The van der Waals surface area contributed by atoms with Crippen LogP contribution in [0.25, 0.3) is 0 Å². The molecule has 0 spiro atoms. The number of fused-ring (bicyclic) bond motifs is 1. The molecule has 2 aromatic rings. The molecule has 0 aliphatic carbocycles. The van der Waals surface area contributed by atoms with Gasteiger partial charge in [0.1, 0.15) is 0 Å². The maximum absolute atomic E-state index is 12.6. The number of hydrogen-bond acceptors (Lipinski definition) is 4.